The molecular weight excluding hydrogens is 551 g/mol. The van der Waals surface area contributed by atoms with Gasteiger partial charge >= 0.3 is 11.8 Å². The smallest absolute Gasteiger partial charge is 0.309 e. The molecule has 2 rings (SSSR count). The summed E-state index contributed by atoms with van der Waals surface area (Å²) in [4.78, 5) is 25.1. The third-order valence-electron chi connectivity index (χ3n) is 8.03. The number of hydrogen-bond acceptors (Lipinski definition) is 4. The lowest BCUT2D eigenvalue weighted by Gasteiger charge is -2.37. The van der Waals surface area contributed by atoms with Gasteiger partial charge in [-0.1, -0.05) is 24.3 Å². The van der Waals surface area contributed by atoms with E-state index in [1.54, 1.807) is 14.2 Å². The third-order valence-corrected chi connectivity index (χ3v) is 8.03. The molecule has 0 atom stereocenters. The number of halogens is 2. The van der Waals surface area contributed by atoms with Crippen molar-refractivity contribution in [1.29, 1.82) is 0 Å². The zero-order chi connectivity index (χ0) is 28.0. The minimum atomic E-state index is -0.580. The van der Waals surface area contributed by atoms with Gasteiger partial charge in [0.05, 0.1) is 66.6 Å². The lowest BCUT2D eigenvalue weighted by molar-refractivity contribution is -0.936. The van der Waals surface area contributed by atoms with Crippen molar-refractivity contribution < 1.29 is 52.8 Å². The highest BCUT2D eigenvalue weighted by Gasteiger charge is 2.27. The molecule has 0 bridgehead atoms. The van der Waals surface area contributed by atoms with Crippen molar-refractivity contribution >= 4 is 11.8 Å². The van der Waals surface area contributed by atoms with Gasteiger partial charge in [-0.25, -0.2) is 0 Å². The Morgan fingerprint density at radius 3 is 1.25 bits per heavy atom. The van der Waals surface area contributed by atoms with Crippen LogP contribution in [0.5, 0.6) is 11.5 Å². The van der Waals surface area contributed by atoms with Crippen molar-refractivity contribution in [2.45, 2.75) is 40.8 Å². The minimum Gasteiger partial charge on any atom is -1.00 e. The summed E-state index contributed by atoms with van der Waals surface area (Å²) in [5.74, 6) is 0.589. The highest BCUT2D eigenvalue weighted by molar-refractivity contribution is 6.35. The van der Waals surface area contributed by atoms with Gasteiger partial charge in [0.1, 0.15) is 24.6 Å². The molecule has 2 amide bonds. The van der Waals surface area contributed by atoms with Crippen LogP contribution in [0, 0.1) is 0 Å². The Morgan fingerprint density at radius 1 is 0.625 bits per heavy atom. The van der Waals surface area contributed by atoms with Gasteiger partial charge in [0.2, 0.25) is 0 Å². The zero-order valence-corrected chi connectivity index (χ0v) is 26.5. The largest absolute Gasteiger partial charge is 1.00 e. The maximum atomic E-state index is 12.6. The number of quaternary nitrogens is 2. The molecule has 2 aromatic rings. The monoisotopic (exact) mass is 598 g/mol. The quantitative estimate of drug-likeness (QED) is 0.164. The van der Waals surface area contributed by atoms with E-state index in [0.717, 1.165) is 84.0 Å². The Bertz CT molecular complexity index is 949. The highest BCUT2D eigenvalue weighted by atomic mass is 35.5. The van der Waals surface area contributed by atoms with Gasteiger partial charge in [-0.15, -0.1) is 0 Å². The van der Waals surface area contributed by atoms with Crippen LogP contribution in [0.1, 0.15) is 38.8 Å². The van der Waals surface area contributed by atoms with E-state index in [-0.39, 0.29) is 24.8 Å². The van der Waals surface area contributed by atoms with Crippen LogP contribution in [0.3, 0.4) is 0 Å². The molecule has 8 nitrogen and oxygen atoms in total. The number of carbonyl (C=O) groups is 2. The topological polar surface area (TPSA) is 76.7 Å². The van der Waals surface area contributed by atoms with Crippen molar-refractivity contribution in [1.82, 2.24) is 10.6 Å². The lowest BCUT2D eigenvalue weighted by Crippen LogP contribution is -3.00. The number of carbonyl (C=O) groups excluding carboxylic acids is 2. The summed E-state index contributed by atoms with van der Waals surface area (Å²) in [5.41, 5.74) is 2.29. The fraction of sp³-hybridized carbons (Fsp3) is 0.533. The number of nitrogens with zero attached hydrogens (tertiary/aromatic N) is 2. The second kappa shape index (κ2) is 18.8. The van der Waals surface area contributed by atoms with Crippen LogP contribution in [0.25, 0.3) is 0 Å². The Labute approximate surface area is 253 Å². The molecule has 0 saturated carbocycles. The second-order valence-electron chi connectivity index (χ2n) is 9.85. The number of nitrogens with one attached hydrogen (secondary N) is 2. The number of hydrogen-bond donors (Lipinski definition) is 2. The van der Waals surface area contributed by atoms with Crippen molar-refractivity contribution in [3.8, 4) is 11.5 Å². The van der Waals surface area contributed by atoms with Crippen molar-refractivity contribution in [2.75, 3.05) is 66.6 Å². The predicted molar refractivity (Wildman–Crippen MR) is 152 cm³/mol. The minimum absolute atomic E-state index is 0. The van der Waals surface area contributed by atoms with Gasteiger partial charge in [-0.3, -0.25) is 9.59 Å². The van der Waals surface area contributed by atoms with E-state index in [0.29, 0.717) is 13.1 Å². The number of benzene rings is 2. The molecule has 0 radical (unpaired) electrons. The summed E-state index contributed by atoms with van der Waals surface area (Å²) in [6.45, 7) is 16.2. The Morgan fingerprint density at radius 2 is 0.950 bits per heavy atom. The Hall–Kier alpha value is -2.52. The highest BCUT2D eigenvalue weighted by Crippen LogP contribution is 2.24. The molecule has 0 aliphatic rings. The SMILES string of the molecule is CC[N+](CC)(CCNC(=O)C(=O)NCC[N+](CC)(CC)Cc1ccccc1OC)Cc1ccccc1OC.[Cl-].[Cl-]. The molecule has 0 saturated heterocycles. The van der Waals surface area contributed by atoms with E-state index in [1.807, 2.05) is 36.4 Å². The van der Waals surface area contributed by atoms with Crippen molar-refractivity contribution in [2.24, 2.45) is 0 Å². The van der Waals surface area contributed by atoms with E-state index in [1.165, 1.54) is 0 Å². The third kappa shape index (κ3) is 10.5. The summed E-state index contributed by atoms with van der Waals surface area (Å²) < 4.78 is 12.7. The van der Waals surface area contributed by atoms with Gasteiger partial charge in [-0.05, 0) is 52.0 Å². The average Bonchev–Trinajstić information content (AvgIpc) is 2.96. The molecule has 0 fully saturated rings. The van der Waals surface area contributed by atoms with Crippen molar-refractivity contribution in [3.05, 3.63) is 59.7 Å². The van der Waals surface area contributed by atoms with Crippen LogP contribution in [-0.2, 0) is 22.7 Å². The van der Waals surface area contributed by atoms with Gasteiger partial charge in [0.15, 0.2) is 0 Å². The van der Waals surface area contributed by atoms with Crippen LogP contribution in [-0.4, -0.2) is 87.4 Å². The van der Waals surface area contributed by atoms with E-state index in [4.69, 9.17) is 9.47 Å². The van der Waals surface area contributed by atoms with Crippen LogP contribution in [0.15, 0.2) is 48.5 Å². The van der Waals surface area contributed by atoms with Gasteiger partial charge in [0.25, 0.3) is 0 Å². The molecular formula is C30H48Cl2N4O4. The van der Waals surface area contributed by atoms with E-state index in [9.17, 15) is 9.59 Å². The van der Waals surface area contributed by atoms with Crippen molar-refractivity contribution in [3.63, 3.8) is 0 Å². The zero-order valence-electron chi connectivity index (χ0n) is 25.0. The molecule has 226 valence electrons. The molecule has 0 aromatic heterocycles. The number of rotatable bonds is 16. The maximum Gasteiger partial charge on any atom is 0.309 e. The Balaban J connectivity index is 0.00000760. The summed E-state index contributed by atoms with van der Waals surface area (Å²) in [6.07, 6.45) is 0. The van der Waals surface area contributed by atoms with Crippen LogP contribution in [0.2, 0.25) is 0 Å². The van der Waals surface area contributed by atoms with Gasteiger partial charge < -0.3 is 53.9 Å². The number of para-hydroxylation sites is 2. The molecule has 0 unspecified atom stereocenters. The second-order valence-corrected chi connectivity index (χ2v) is 9.85. The first-order valence-electron chi connectivity index (χ1n) is 13.8. The molecule has 2 aromatic carbocycles. The first-order valence-corrected chi connectivity index (χ1v) is 13.8. The fourth-order valence-electron chi connectivity index (χ4n) is 5.05. The molecule has 40 heavy (non-hydrogen) atoms. The summed E-state index contributed by atoms with van der Waals surface area (Å²) in [6, 6.07) is 16.1. The van der Waals surface area contributed by atoms with E-state index in [2.05, 4.69) is 50.5 Å². The first kappa shape index (κ1) is 37.5. The molecule has 0 heterocycles. The number of methoxy groups -OCH3 is 2. The van der Waals surface area contributed by atoms with Crippen LogP contribution in [0.4, 0.5) is 0 Å². The summed E-state index contributed by atoms with van der Waals surface area (Å²) >= 11 is 0. The molecule has 0 aliphatic heterocycles. The van der Waals surface area contributed by atoms with E-state index < -0.39 is 11.8 Å². The predicted octanol–water partition coefficient (Wildman–Crippen LogP) is -2.64. The average molecular weight is 600 g/mol. The fourth-order valence-corrected chi connectivity index (χ4v) is 5.05. The summed E-state index contributed by atoms with van der Waals surface area (Å²) in [5, 5.41) is 5.66. The standard InChI is InChI=1S/C30H46N4O4.2ClH/c1-7-33(8-2,23-25-15-11-13-17-27(25)37-5)21-19-31-29(35)30(36)32-20-22-34(9-3,10-4)24-26-16-12-14-18-28(26)38-6;;/h11-18H,7-10,19-24H2,1-6H3;2*1H. The molecule has 0 aliphatic carbocycles. The number of likely N-dealkylation sites (N-methyl/N-ethyl adjacent to an activating group) is 2. The molecule has 2 N–H and O–H groups in total. The lowest BCUT2D eigenvalue weighted by atomic mass is 10.1. The first-order chi connectivity index (χ1) is 18.3. The number of amides is 2. The van der Waals surface area contributed by atoms with Crippen LogP contribution >= 0.6 is 0 Å². The Kier molecular flexibility index (Phi) is 17.6. The molecule has 10 heteroatoms. The van der Waals surface area contributed by atoms with Crippen LogP contribution < -0.4 is 44.9 Å². The van der Waals surface area contributed by atoms with Gasteiger partial charge in [0, 0.05) is 11.1 Å². The van der Waals surface area contributed by atoms with E-state index >= 15 is 0 Å². The normalized spacial score (nSPS) is 11.1. The number of ether oxygens (including phenoxy) is 2. The maximum absolute atomic E-state index is 12.6. The summed E-state index contributed by atoms with van der Waals surface area (Å²) in [7, 11) is 3.37. The molecule has 0 spiro atoms. The van der Waals surface area contributed by atoms with Gasteiger partial charge in [-0.2, -0.15) is 0 Å².